The molecule has 1 aliphatic rings. The van der Waals surface area contributed by atoms with Gasteiger partial charge in [0.05, 0.1) is 5.02 Å². The first-order valence-electron chi connectivity index (χ1n) is 6.56. The van der Waals surface area contributed by atoms with E-state index in [-0.39, 0.29) is 5.91 Å². The number of amides is 1. The Kier molecular flexibility index (Phi) is 5.47. The molecule has 19 heavy (non-hydrogen) atoms. The van der Waals surface area contributed by atoms with E-state index in [2.05, 4.69) is 22.6 Å². The van der Waals surface area contributed by atoms with E-state index in [0.29, 0.717) is 23.0 Å². The summed E-state index contributed by atoms with van der Waals surface area (Å²) in [6.45, 7) is 2.35. The summed E-state index contributed by atoms with van der Waals surface area (Å²) in [4.78, 5) is 14.4. The zero-order valence-corrected chi connectivity index (χ0v) is 13.7. The number of halogens is 2. The van der Waals surface area contributed by atoms with Gasteiger partial charge >= 0.3 is 0 Å². The molecular formula is C14H18ClIN2O. The Morgan fingerprint density at radius 2 is 2.32 bits per heavy atom. The predicted octanol–water partition coefficient (Wildman–Crippen LogP) is 3.15. The molecule has 1 saturated heterocycles. The van der Waals surface area contributed by atoms with E-state index in [1.54, 1.807) is 6.07 Å². The number of nitrogens with two attached hydrogens (primary N) is 1. The van der Waals surface area contributed by atoms with Gasteiger partial charge in [-0.05, 0) is 72.5 Å². The Morgan fingerprint density at radius 3 is 3.00 bits per heavy atom. The van der Waals surface area contributed by atoms with Crippen LogP contribution < -0.4 is 5.73 Å². The van der Waals surface area contributed by atoms with Crippen molar-refractivity contribution >= 4 is 40.1 Å². The summed E-state index contributed by atoms with van der Waals surface area (Å²) in [6.07, 6.45) is 3.24. The molecule has 1 atom stereocenters. The predicted molar refractivity (Wildman–Crippen MR) is 86.5 cm³/mol. The molecule has 5 heteroatoms. The molecule has 0 radical (unpaired) electrons. The average molecular weight is 393 g/mol. The zero-order chi connectivity index (χ0) is 13.8. The molecule has 1 aromatic rings. The molecule has 0 saturated carbocycles. The Labute approximate surface area is 132 Å². The third kappa shape index (κ3) is 3.83. The lowest BCUT2D eigenvalue weighted by Gasteiger charge is -2.32. The molecule has 1 heterocycles. The topological polar surface area (TPSA) is 46.3 Å². The van der Waals surface area contributed by atoms with Gasteiger partial charge < -0.3 is 10.6 Å². The third-order valence-electron chi connectivity index (χ3n) is 3.55. The largest absolute Gasteiger partial charge is 0.338 e. The van der Waals surface area contributed by atoms with E-state index in [1.165, 1.54) is 6.42 Å². The summed E-state index contributed by atoms with van der Waals surface area (Å²) in [7, 11) is 0. The van der Waals surface area contributed by atoms with Crippen LogP contribution in [0.25, 0.3) is 0 Å². The van der Waals surface area contributed by atoms with Crippen molar-refractivity contribution in [2.75, 3.05) is 19.6 Å². The Morgan fingerprint density at radius 1 is 1.53 bits per heavy atom. The molecule has 1 amide bonds. The number of carbonyl (C=O) groups excluding carboxylic acids is 1. The number of rotatable bonds is 3. The molecule has 1 aliphatic heterocycles. The van der Waals surface area contributed by atoms with E-state index in [4.69, 9.17) is 17.3 Å². The first-order valence-corrected chi connectivity index (χ1v) is 8.02. The monoisotopic (exact) mass is 392 g/mol. The molecule has 1 aromatic carbocycles. The van der Waals surface area contributed by atoms with Crippen molar-refractivity contribution in [1.82, 2.24) is 4.90 Å². The molecule has 0 spiro atoms. The SMILES string of the molecule is NCCC1CCCN(C(=O)c2ccc(I)c(Cl)c2)C1. The first kappa shape index (κ1) is 15.1. The van der Waals surface area contributed by atoms with Gasteiger partial charge in [0.2, 0.25) is 0 Å². The van der Waals surface area contributed by atoms with E-state index < -0.39 is 0 Å². The number of benzene rings is 1. The highest BCUT2D eigenvalue weighted by atomic mass is 127. The van der Waals surface area contributed by atoms with Crippen molar-refractivity contribution in [3.63, 3.8) is 0 Å². The zero-order valence-electron chi connectivity index (χ0n) is 10.7. The Balaban J connectivity index is 2.08. The van der Waals surface area contributed by atoms with Crippen LogP contribution in [-0.2, 0) is 0 Å². The lowest BCUT2D eigenvalue weighted by molar-refractivity contribution is 0.0669. The summed E-state index contributed by atoms with van der Waals surface area (Å²) in [6, 6.07) is 5.50. The summed E-state index contributed by atoms with van der Waals surface area (Å²) in [5, 5.41) is 0.641. The summed E-state index contributed by atoms with van der Waals surface area (Å²) >= 11 is 8.24. The molecule has 1 fully saturated rings. The van der Waals surface area contributed by atoms with Gasteiger partial charge in [-0.15, -0.1) is 0 Å². The van der Waals surface area contributed by atoms with Crippen LogP contribution >= 0.6 is 34.2 Å². The number of piperidine rings is 1. The molecular weight excluding hydrogens is 375 g/mol. The molecule has 3 nitrogen and oxygen atoms in total. The molecule has 1 unspecified atom stereocenters. The maximum Gasteiger partial charge on any atom is 0.253 e. The lowest BCUT2D eigenvalue weighted by atomic mass is 9.94. The molecule has 2 N–H and O–H groups in total. The molecule has 2 rings (SSSR count). The van der Waals surface area contributed by atoms with Crippen molar-refractivity contribution in [2.45, 2.75) is 19.3 Å². The van der Waals surface area contributed by atoms with Crippen LogP contribution in [0.5, 0.6) is 0 Å². The average Bonchev–Trinajstić information content (AvgIpc) is 2.42. The highest BCUT2D eigenvalue weighted by Crippen LogP contribution is 2.23. The molecule has 0 bridgehead atoms. The van der Waals surface area contributed by atoms with E-state index in [1.807, 2.05) is 17.0 Å². The summed E-state index contributed by atoms with van der Waals surface area (Å²) < 4.78 is 0.968. The number of carbonyl (C=O) groups is 1. The van der Waals surface area contributed by atoms with Gasteiger partial charge in [0.25, 0.3) is 5.91 Å². The summed E-state index contributed by atoms with van der Waals surface area (Å²) in [5.41, 5.74) is 6.29. The van der Waals surface area contributed by atoms with Crippen LogP contribution in [0.2, 0.25) is 5.02 Å². The standard InChI is InChI=1S/C14H18ClIN2O/c15-12-8-11(3-4-13(12)16)14(19)18-7-1-2-10(9-18)5-6-17/h3-4,8,10H,1-2,5-7,9,17H2. The van der Waals surface area contributed by atoms with E-state index in [9.17, 15) is 4.79 Å². The van der Waals surface area contributed by atoms with Crippen LogP contribution in [0.4, 0.5) is 0 Å². The van der Waals surface area contributed by atoms with Crippen molar-refractivity contribution < 1.29 is 4.79 Å². The first-order chi connectivity index (χ1) is 9.11. The van der Waals surface area contributed by atoms with Crippen molar-refractivity contribution in [3.05, 3.63) is 32.4 Å². The number of likely N-dealkylation sites (tertiary alicyclic amines) is 1. The Bertz CT molecular complexity index is 465. The molecule has 104 valence electrons. The number of nitrogens with zero attached hydrogens (tertiary/aromatic N) is 1. The third-order valence-corrected chi connectivity index (χ3v) is 5.12. The van der Waals surface area contributed by atoms with Gasteiger partial charge in [-0.3, -0.25) is 4.79 Å². The van der Waals surface area contributed by atoms with Crippen molar-refractivity contribution in [1.29, 1.82) is 0 Å². The smallest absolute Gasteiger partial charge is 0.253 e. The maximum absolute atomic E-state index is 12.4. The minimum Gasteiger partial charge on any atom is -0.338 e. The lowest BCUT2D eigenvalue weighted by Crippen LogP contribution is -2.40. The minimum absolute atomic E-state index is 0.0834. The van der Waals surface area contributed by atoms with Crippen LogP contribution in [0.1, 0.15) is 29.6 Å². The molecule has 0 aromatic heterocycles. The highest BCUT2D eigenvalue weighted by Gasteiger charge is 2.24. The van der Waals surface area contributed by atoms with Crippen LogP contribution in [0.15, 0.2) is 18.2 Å². The van der Waals surface area contributed by atoms with Gasteiger partial charge in [0.1, 0.15) is 0 Å². The van der Waals surface area contributed by atoms with Crippen LogP contribution in [0.3, 0.4) is 0 Å². The van der Waals surface area contributed by atoms with Gasteiger partial charge in [-0.25, -0.2) is 0 Å². The molecule has 0 aliphatic carbocycles. The van der Waals surface area contributed by atoms with E-state index in [0.717, 1.165) is 29.5 Å². The Hall–Kier alpha value is -0.330. The van der Waals surface area contributed by atoms with Crippen LogP contribution in [-0.4, -0.2) is 30.4 Å². The van der Waals surface area contributed by atoms with Gasteiger partial charge in [0, 0.05) is 22.2 Å². The van der Waals surface area contributed by atoms with Gasteiger partial charge in [-0.1, -0.05) is 11.6 Å². The highest BCUT2D eigenvalue weighted by molar-refractivity contribution is 14.1. The fraction of sp³-hybridized carbons (Fsp3) is 0.500. The second-order valence-electron chi connectivity index (χ2n) is 4.97. The second kappa shape index (κ2) is 6.90. The number of hydrogen-bond donors (Lipinski definition) is 1. The second-order valence-corrected chi connectivity index (χ2v) is 6.54. The fourth-order valence-corrected chi connectivity index (χ4v) is 3.05. The van der Waals surface area contributed by atoms with Gasteiger partial charge in [0.15, 0.2) is 0 Å². The minimum atomic E-state index is 0.0834. The summed E-state index contributed by atoms with van der Waals surface area (Å²) in [5.74, 6) is 0.627. The van der Waals surface area contributed by atoms with Crippen molar-refractivity contribution in [3.8, 4) is 0 Å². The van der Waals surface area contributed by atoms with Crippen molar-refractivity contribution in [2.24, 2.45) is 11.7 Å². The fourth-order valence-electron chi connectivity index (χ4n) is 2.53. The van der Waals surface area contributed by atoms with Crippen LogP contribution in [0, 0.1) is 9.49 Å². The number of hydrogen-bond acceptors (Lipinski definition) is 2. The van der Waals surface area contributed by atoms with E-state index >= 15 is 0 Å². The van der Waals surface area contributed by atoms with Gasteiger partial charge in [-0.2, -0.15) is 0 Å². The maximum atomic E-state index is 12.4. The normalized spacial score (nSPS) is 19.5. The quantitative estimate of drug-likeness (QED) is 0.803.